The molecule has 0 saturated heterocycles. The second-order valence-electron chi connectivity index (χ2n) is 9.16. The van der Waals surface area contributed by atoms with Crippen molar-refractivity contribution in [3.8, 4) is 0 Å². The van der Waals surface area contributed by atoms with Crippen molar-refractivity contribution in [3.63, 3.8) is 0 Å². The molecule has 0 spiro atoms. The Bertz CT molecular complexity index is 536. The first-order valence-electron chi connectivity index (χ1n) is 9.28. The van der Waals surface area contributed by atoms with E-state index in [0.29, 0.717) is 17.6 Å². The van der Waals surface area contributed by atoms with Crippen molar-refractivity contribution in [1.82, 2.24) is 0 Å². The average molecular weight is 302 g/mol. The van der Waals surface area contributed by atoms with Crippen LogP contribution in [0.5, 0.6) is 0 Å². The molecule has 2 heteroatoms. The fraction of sp³-hybridized carbons (Fsp3) is 0.850. The average Bonchev–Trinajstić information content (AvgIpc) is 2.77. The van der Waals surface area contributed by atoms with Gasteiger partial charge in [-0.1, -0.05) is 26.3 Å². The Morgan fingerprint density at radius 2 is 1.91 bits per heavy atom. The van der Waals surface area contributed by atoms with Crippen molar-refractivity contribution < 1.29 is 9.90 Å². The lowest BCUT2D eigenvalue weighted by Gasteiger charge is -2.59. The van der Waals surface area contributed by atoms with Crippen LogP contribution in [0.1, 0.15) is 65.7 Å². The molecule has 0 bridgehead atoms. The Kier molecular flexibility index (Phi) is 3.18. The molecule has 0 aromatic heterocycles. The summed E-state index contributed by atoms with van der Waals surface area (Å²) < 4.78 is 0. The smallest absolute Gasteiger partial charge is 0.155 e. The Morgan fingerprint density at radius 3 is 2.68 bits per heavy atom. The minimum atomic E-state index is -0.0941. The maximum absolute atomic E-state index is 11.9. The highest BCUT2D eigenvalue weighted by molar-refractivity contribution is 5.91. The molecule has 2 nitrogen and oxygen atoms in total. The zero-order valence-corrected chi connectivity index (χ0v) is 14.3. The molecule has 4 rings (SSSR count). The third kappa shape index (κ3) is 1.79. The lowest BCUT2D eigenvalue weighted by molar-refractivity contribution is -0.119. The summed E-state index contributed by atoms with van der Waals surface area (Å²) in [7, 11) is 0. The zero-order valence-electron chi connectivity index (χ0n) is 14.3. The van der Waals surface area contributed by atoms with E-state index >= 15 is 0 Å². The van der Waals surface area contributed by atoms with Gasteiger partial charge in [-0.3, -0.25) is 4.79 Å². The number of hydrogen-bond donors (Lipinski definition) is 1. The monoisotopic (exact) mass is 302 g/mol. The normalized spacial score (nSPS) is 54.3. The molecule has 0 amide bonds. The number of aliphatic hydroxyl groups excluding tert-OH is 1. The van der Waals surface area contributed by atoms with E-state index < -0.39 is 0 Å². The SMILES string of the molecule is C[C@@H]1CC2=CC(=O)CC[C@]2(C)C2CC[C@@]3(C)C(CC[C@@H]3O)C21. The standard InChI is InChI=1S/C20H30O2/c1-12-10-13-11-14(21)6-8-19(13,2)16-7-9-20(3)15(18(12)16)4-5-17(20)22/h11-12,15-18,22H,4-10H2,1-3H3/t12-,15?,16?,17+,18?,19+,20+/m1/s1. The van der Waals surface area contributed by atoms with Crippen LogP contribution in [0.15, 0.2) is 11.6 Å². The molecule has 3 fully saturated rings. The van der Waals surface area contributed by atoms with E-state index in [0.717, 1.165) is 37.5 Å². The van der Waals surface area contributed by atoms with Gasteiger partial charge in [0.1, 0.15) is 0 Å². The molecule has 0 radical (unpaired) electrons. The third-order valence-corrected chi connectivity index (χ3v) is 8.26. The van der Waals surface area contributed by atoms with Crippen LogP contribution in [0.2, 0.25) is 0 Å². The molecular formula is C20H30O2. The fourth-order valence-corrected chi connectivity index (χ4v) is 6.88. The maximum Gasteiger partial charge on any atom is 0.155 e. The molecule has 22 heavy (non-hydrogen) atoms. The first-order chi connectivity index (χ1) is 10.4. The molecule has 3 unspecified atom stereocenters. The number of fused-ring (bicyclic) bond motifs is 5. The van der Waals surface area contributed by atoms with Crippen molar-refractivity contribution >= 4 is 5.78 Å². The number of carbonyl (C=O) groups excluding carboxylic acids is 1. The second-order valence-corrected chi connectivity index (χ2v) is 9.16. The molecule has 0 heterocycles. The Balaban J connectivity index is 1.74. The van der Waals surface area contributed by atoms with Crippen LogP contribution < -0.4 is 0 Å². The molecule has 7 atom stereocenters. The van der Waals surface area contributed by atoms with Gasteiger partial charge in [0.15, 0.2) is 5.78 Å². The largest absolute Gasteiger partial charge is 0.393 e. The lowest BCUT2D eigenvalue weighted by atomic mass is 9.45. The molecule has 4 aliphatic carbocycles. The van der Waals surface area contributed by atoms with Gasteiger partial charge in [0.25, 0.3) is 0 Å². The van der Waals surface area contributed by atoms with Gasteiger partial charge in [-0.15, -0.1) is 0 Å². The van der Waals surface area contributed by atoms with Crippen molar-refractivity contribution in [2.24, 2.45) is 34.5 Å². The number of ketones is 1. The van der Waals surface area contributed by atoms with Gasteiger partial charge < -0.3 is 5.11 Å². The zero-order chi connectivity index (χ0) is 15.7. The fourth-order valence-electron chi connectivity index (χ4n) is 6.88. The minimum absolute atomic E-state index is 0.0941. The Hall–Kier alpha value is -0.630. The highest BCUT2D eigenvalue weighted by atomic mass is 16.3. The predicted octanol–water partition coefficient (Wildman–Crippen LogP) is 4.13. The summed E-state index contributed by atoms with van der Waals surface area (Å²) in [5, 5.41) is 10.5. The number of rotatable bonds is 0. The predicted molar refractivity (Wildman–Crippen MR) is 87.3 cm³/mol. The van der Waals surface area contributed by atoms with Crippen molar-refractivity contribution in [1.29, 1.82) is 0 Å². The van der Waals surface area contributed by atoms with Gasteiger partial charge in [-0.05, 0) is 79.1 Å². The van der Waals surface area contributed by atoms with E-state index in [4.69, 9.17) is 0 Å². The molecule has 0 aliphatic heterocycles. The van der Waals surface area contributed by atoms with E-state index in [1.54, 1.807) is 0 Å². The van der Waals surface area contributed by atoms with Gasteiger partial charge >= 0.3 is 0 Å². The van der Waals surface area contributed by atoms with Gasteiger partial charge in [0, 0.05) is 6.42 Å². The molecule has 122 valence electrons. The van der Waals surface area contributed by atoms with Crippen LogP contribution in [0.25, 0.3) is 0 Å². The van der Waals surface area contributed by atoms with Gasteiger partial charge in [-0.25, -0.2) is 0 Å². The van der Waals surface area contributed by atoms with Crippen molar-refractivity contribution in [2.75, 3.05) is 0 Å². The van der Waals surface area contributed by atoms with Gasteiger partial charge in [0.05, 0.1) is 6.10 Å². The number of allylic oxidation sites excluding steroid dienone is 1. The molecule has 1 N–H and O–H groups in total. The van der Waals surface area contributed by atoms with Crippen LogP contribution in [0.4, 0.5) is 0 Å². The van der Waals surface area contributed by atoms with Gasteiger partial charge in [0.2, 0.25) is 0 Å². The third-order valence-electron chi connectivity index (χ3n) is 8.26. The summed E-state index contributed by atoms with van der Waals surface area (Å²) in [6.45, 7) is 7.17. The molecule has 0 aromatic carbocycles. The molecule has 0 aromatic rings. The minimum Gasteiger partial charge on any atom is -0.393 e. The lowest BCUT2D eigenvalue weighted by Crippen LogP contribution is -2.53. The number of carbonyl (C=O) groups is 1. The summed E-state index contributed by atoms with van der Waals surface area (Å²) in [4.78, 5) is 11.9. The number of aliphatic hydroxyl groups is 1. The summed E-state index contributed by atoms with van der Waals surface area (Å²) >= 11 is 0. The van der Waals surface area contributed by atoms with E-state index in [1.165, 1.54) is 24.8 Å². The van der Waals surface area contributed by atoms with Crippen molar-refractivity contribution in [3.05, 3.63) is 11.6 Å². The van der Waals surface area contributed by atoms with Crippen LogP contribution in [0.3, 0.4) is 0 Å². The summed E-state index contributed by atoms with van der Waals surface area (Å²) in [5.41, 5.74) is 1.84. The first kappa shape index (κ1) is 14.9. The quantitative estimate of drug-likeness (QED) is 0.730. The van der Waals surface area contributed by atoms with Crippen LogP contribution in [0, 0.1) is 34.5 Å². The summed E-state index contributed by atoms with van der Waals surface area (Å²) in [5.74, 6) is 3.15. The Labute approximate surface area is 134 Å². The van der Waals surface area contributed by atoms with Crippen LogP contribution in [-0.2, 0) is 4.79 Å². The van der Waals surface area contributed by atoms with Crippen LogP contribution in [-0.4, -0.2) is 17.0 Å². The van der Waals surface area contributed by atoms with Crippen molar-refractivity contribution in [2.45, 2.75) is 71.8 Å². The number of hydrogen-bond acceptors (Lipinski definition) is 2. The summed E-state index contributed by atoms with van der Waals surface area (Å²) in [6, 6.07) is 0. The highest BCUT2D eigenvalue weighted by Crippen LogP contribution is 2.66. The van der Waals surface area contributed by atoms with E-state index in [1.807, 2.05) is 6.08 Å². The van der Waals surface area contributed by atoms with Crippen LogP contribution >= 0.6 is 0 Å². The Morgan fingerprint density at radius 1 is 1.14 bits per heavy atom. The highest BCUT2D eigenvalue weighted by Gasteiger charge is 2.60. The van der Waals surface area contributed by atoms with E-state index in [9.17, 15) is 9.90 Å². The molecule has 3 saturated carbocycles. The maximum atomic E-state index is 11.9. The summed E-state index contributed by atoms with van der Waals surface area (Å²) in [6.07, 6.45) is 9.40. The topological polar surface area (TPSA) is 37.3 Å². The molecule has 4 aliphatic rings. The van der Waals surface area contributed by atoms with Gasteiger partial charge in [-0.2, -0.15) is 0 Å². The second kappa shape index (κ2) is 4.69. The molecular weight excluding hydrogens is 272 g/mol. The van der Waals surface area contributed by atoms with E-state index in [2.05, 4.69) is 20.8 Å². The van der Waals surface area contributed by atoms with E-state index in [-0.39, 0.29) is 16.9 Å². The first-order valence-corrected chi connectivity index (χ1v) is 9.28.